The summed E-state index contributed by atoms with van der Waals surface area (Å²) < 4.78 is 6.03. The molecule has 2 unspecified atom stereocenters. The van der Waals surface area contributed by atoms with Gasteiger partial charge in [0.05, 0.1) is 12.1 Å². The van der Waals surface area contributed by atoms with Crippen LogP contribution in [0.4, 0.5) is 5.69 Å². The first kappa shape index (κ1) is 25.4. The van der Waals surface area contributed by atoms with Gasteiger partial charge in [-0.15, -0.1) is 0 Å². The third kappa shape index (κ3) is 5.30. The summed E-state index contributed by atoms with van der Waals surface area (Å²) in [6, 6.07) is 26.8. The Morgan fingerprint density at radius 3 is 1.71 bits per heavy atom. The fourth-order valence-corrected chi connectivity index (χ4v) is 4.48. The highest BCUT2D eigenvalue weighted by Crippen LogP contribution is 2.49. The summed E-state index contributed by atoms with van der Waals surface area (Å²) in [6.45, 7) is 8.40. The van der Waals surface area contributed by atoms with Crippen LogP contribution < -0.4 is 10.4 Å². The highest BCUT2D eigenvalue weighted by Gasteiger charge is 2.53. The van der Waals surface area contributed by atoms with E-state index < -0.39 is 24.3 Å². The standard InChI is InChI=1S/C28H33BNO5/c1-19(2)28(3,4)35-29-22-17-15-21(16-18-22)25-27(34-32)26(33-31)24(20-11-7-5-8-12-20)30(25)23-13-9-6-10-14-23/h5-19,24-27,31-32H,1-4H3/t24?,25?,26-,27-/m1/s1. The van der Waals surface area contributed by atoms with Crippen LogP contribution in [0.3, 0.4) is 0 Å². The van der Waals surface area contributed by atoms with Gasteiger partial charge in [-0.1, -0.05) is 92.1 Å². The maximum atomic E-state index is 9.97. The Kier molecular flexibility index (Phi) is 7.94. The zero-order valence-electron chi connectivity index (χ0n) is 20.6. The molecular formula is C28H33BNO5. The van der Waals surface area contributed by atoms with Gasteiger partial charge in [0.1, 0.15) is 12.2 Å². The van der Waals surface area contributed by atoms with Crippen LogP contribution in [-0.4, -0.2) is 35.8 Å². The molecule has 2 N–H and O–H groups in total. The van der Waals surface area contributed by atoms with Crippen LogP contribution in [0, 0.1) is 5.92 Å². The first-order chi connectivity index (χ1) is 16.9. The molecule has 3 aromatic carbocycles. The van der Waals surface area contributed by atoms with E-state index >= 15 is 0 Å². The van der Waals surface area contributed by atoms with E-state index in [1.54, 1.807) is 7.48 Å². The molecule has 1 aliphatic rings. The van der Waals surface area contributed by atoms with E-state index in [0.29, 0.717) is 5.92 Å². The molecule has 35 heavy (non-hydrogen) atoms. The lowest BCUT2D eigenvalue weighted by Gasteiger charge is -2.33. The second kappa shape index (κ2) is 10.9. The topological polar surface area (TPSA) is 71.4 Å². The van der Waals surface area contributed by atoms with Crippen LogP contribution >= 0.6 is 0 Å². The van der Waals surface area contributed by atoms with Crippen LogP contribution in [0.15, 0.2) is 84.9 Å². The zero-order valence-corrected chi connectivity index (χ0v) is 20.6. The van der Waals surface area contributed by atoms with Crippen molar-refractivity contribution in [3.05, 3.63) is 96.1 Å². The first-order valence-electron chi connectivity index (χ1n) is 12.0. The second-order valence-electron chi connectivity index (χ2n) is 9.84. The molecule has 4 atom stereocenters. The number of rotatable bonds is 9. The van der Waals surface area contributed by atoms with Crippen LogP contribution in [0.25, 0.3) is 0 Å². The van der Waals surface area contributed by atoms with Gasteiger partial charge in [0.15, 0.2) is 0 Å². The lowest BCUT2D eigenvalue weighted by Crippen LogP contribution is -2.36. The van der Waals surface area contributed by atoms with E-state index in [0.717, 1.165) is 22.3 Å². The molecule has 0 aromatic heterocycles. The zero-order chi connectivity index (χ0) is 25.0. The molecule has 1 radical (unpaired) electrons. The molecule has 6 nitrogen and oxygen atoms in total. The minimum Gasteiger partial charge on any atom is -0.429 e. The van der Waals surface area contributed by atoms with Gasteiger partial charge in [0.2, 0.25) is 0 Å². The van der Waals surface area contributed by atoms with Gasteiger partial charge in [-0.3, -0.25) is 10.5 Å². The van der Waals surface area contributed by atoms with Crippen molar-refractivity contribution in [2.45, 2.75) is 57.6 Å². The summed E-state index contributed by atoms with van der Waals surface area (Å²) in [6.07, 6.45) is -1.66. The van der Waals surface area contributed by atoms with Gasteiger partial charge in [0.25, 0.3) is 0 Å². The minimum atomic E-state index is -0.837. The first-order valence-corrected chi connectivity index (χ1v) is 12.0. The summed E-state index contributed by atoms with van der Waals surface area (Å²) in [5, 5.41) is 19.9. The van der Waals surface area contributed by atoms with Crippen molar-refractivity contribution in [2.24, 2.45) is 5.92 Å². The Hall–Kier alpha value is -2.68. The number of benzene rings is 3. The quantitative estimate of drug-likeness (QED) is 0.246. The third-order valence-electron chi connectivity index (χ3n) is 7.15. The fourth-order valence-electron chi connectivity index (χ4n) is 4.48. The molecular weight excluding hydrogens is 441 g/mol. The molecule has 1 saturated heterocycles. The Morgan fingerprint density at radius 2 is 1.23 bits per heavy atom. The van der Waals surface area contributed by atoms with Crippen LogP contribution in [0.5, 0.6) is 0 Å². The van der Waals surface area contributed by atoms with Gasteiger partial charge >= 0.3 is 7.48 Å². The highest BCUT2D eigenvalue weighted by atomic mass is 17.1. The van der Waals surface area contributed by atoms with Crippen molar-refractivity contribution >= 4 is 18.6 Å². The molecule has 183 valence electrons. The summed E-state index contributed by atoms with van der Waals surface area (Å²) >= 11 is 0. The van der Waals surface area contributed by atoms with Gasteiger partial charge < -0.3 is 9.55 Å². The monoisotopic (exact) mass is 474 g/mol. The molecule has 3 aromatic rings. The van der Waals surface area contributed by atoms with Crippen molar-refractivity contribution in [2.75, 3.05) is 4.90 Å². The highest BCUT2D eigenvalue weighted by molar-refractivity contribution is 6.47. The summed E-state index contributed by atoms with van der Waals surface area (Å²) in [5.74, 6) is 0.365. The molecule has 1 aliphatic heterocycles. The van der Waals surface area contributed by atoms with Crippen molar-refractivity contribution < 1.29 is 24.9 Å². The van der Waals surface area contributed by atoms with Crippen molar-refractivity contribution in [1.29, 1.82) is 0 Å². The number of hydrogen-bond donors (Lipinski definition) is 2. The molecule has 1 fully saturated rings. The van der Waals surface area contributed by atoms with Gasteiger partial charge in [0, 0.05) is 11.3 Å². The normalized spacial score (nSPS) is 22.5. The maximum absolute atomic E-state index is 9.97. The lowest BCUT2D eigenvalue weighted by atomic mass is 9.83. The van der Waals surface area contributed by atoms with Gasteiger partial charge in [-0.05, 0) is 43.0 Å². The molecule has 0 spiro atoms. The molecule has 4 rings (SSSR count). The van der Waals surface area contributed by atoms with Gasteiger partial charge in [-0.25, -0.2) is 9.78 Å². The Balaban J connectivity index is 1.71. The van der Waals surface area contributed by atoms with E-state index in [1.165, 1.54) is 0 Å². The molecule has 0 amide bonds. The van der Waals surface area contributed by atoms with Crippen LogP contribution in [0.1, 0.15) is 50.9 Å². The third-order valence-corrected chi connectivity index (χ3v) is 7.15. The van der Waals surface area contributed by atoms with Crippen LogP contribution in [0.2, 0.25) is 0 Å². The number of para-hydroxylation sites is 1. The SMILES string of the molecule is CC(C)C(C)(C)O[B]c1ccc(C2[C@@H](OO)[C@H](OO)C(c3ccccc3)N2c2ccccc2)cc1. The summed E-state index contributed by atoms with van der Waals surface area (Å²) in [5.41, 5.74) is 3.43. The predicted octanol–water partition coefficient (Wildman–Crippen LogP) is 5.40. The van der Waals surface area contributed by atoms with Gasteiger partial charge in [-0.2, -0.15) is 0 Å². The Morgan fingerprint density at radius 1 is 0.743 bits per heavy atom. The summed E-state index contributed by atoms with van der Waals surface area (Å²) in [4.78, 5) is 12.1. The van der Waals surface area contributed by atoms with Crippen LogP contribution in [-0.2, 0) is 14.4 Å². The Labute approximate surface area is 208 Å². The molecule has 0 aliphatic carbocycles. The van der Waals surface area contributed by atoms with Crippen molar-refractivity contribution in [1.82, 2.24) is 0 Å². The van der Waals surface area contributed by atoms with Crippen molar-refractivity contribution in [3.8, 4) is 0 Å². The average molecular weight is 474 g/mol. The van der Waals surface area contributed by atoms with E-state index in [2.05, 4.69) is 32.6 Å². The molecule has 0 bridgehead atoms. The lowest BCUT2D eigenvalue weighted by molar-refractivity contribution is -0.351. The fraction of sp³-hybridized carbons (Fsp3) is 0.357. The predicted molar refractivity (Wildman–Crippen MR) is 138 cm³/mol. The maximum Gasteiger partial charge on any atom is 0.330 e. The van der Waals surface area contributed by atoms with E-state index in [9.17, 15) is 10.5 Å². The Bertz CT molecular complexity index is 1060. The minimum absolute atomic E-state index is 0.279. The molecule has 0 saturated carbocycles. The number of anilines is 1. The number of nitrogens with zero attached hydrogens (tertiary/aromatic N) is 1. The molecule has 7 heteroatoms. The van der Waals surface area contributed by atoms with E-state index in [1.807, 2.05) is 84.9 Å². The van der Waals surface area contributed by atoms with E-state index in [-0.39, 0.29) is 5.60 Å². The smallest absolute Gasteiger partial charge is 0.330 e. The van der Waals surface area contributed by atoms with E-state index in [4.69, 9.17) is 14.4 Å². The second-order valence-corrected chi connectivity index (χ2v) is 9.84. The average Bonchev–Trinajstić information content (AvgIpc) is 3.23. The largest absolute Gasteiger partial charge is 0.429 e. The number of hydrogen-bond acceptors (Lipinski definition) is 6. The summed E-state index contributed by atoms with van der Waals surface area (Å²) in [7, 11) is 1.78. The van der Waals surface area contributed by atoms with Crippen molar-refractivity contribution in [3.63, 3.8) is 0 Å². The molecule has 1 heterocycles.